The molecule has 0 fully saturated rings. The maximum atomic E-state index is 10.2. The standard InChI is InChI=1S/C8H7ClO3.Na/c9-6-4-2-1-3-5(6)7(10)8(11)12;/h1-4,7,10H,(H,11,12);/q;+1/p-1/t7-;/m0./s1. The molecular formula is C8H6ClNaO3. The van der Waals surface area contributed by atoms with E-state index in [2.05, 4.69) is 0 Å². The average molecular weight is 209 g/mol. The summed E-state index contributed by atoms with van der Waals surface area (Å²) in [6.45, 7) is 0. The Labute approximate surface area is 103 Å². The molecule has 0 amide bonds. The molecule has 0 aromatic heterocycles. The zero-order valence-electron chi connectivity index (χ0n) is 7.03. The molecule has 1 atom stereocenters. The predicted octanol–water partition coefficient (Wildman–Crippen LogP) is -2.87. The van der Waals surface area contributed by atoms with E-state index in [0.717, 1.165) is 0 Å². The Morgan fingerprint density at radius 2 is 2.00 bits per heavy atom. The predicted molar refractivity (Wildman–Crippen MR) is 41.4 cm³/mol. The smallest absolute Gasteiger partial charge is 0.547 e. The van der Waals surface area contributed by atoms with Gasteiger partial charge in [-0.3, -0.25) is 0 Å². The summed E-state index contributed by atoms with van der Waals surface area (Å²) in [6, 6.07) is 6.17. The van der Waals surface area contributed by atoms with Gasteiger partial charge in [0.15, 0.2) is 0 Å². The van der Waals surface area contributed by atoms with Gasteiger partial charge in [-0.05, 0) is 6.07 Å². The minimum absolute atomic E-state index is 0. The Balaban J connectivity index is 0.00000144. The maximum Gasteiger partial charge on any atom is 1.00 e. The number of rotatable bonds is 2. The van der Waals surface area contributed by atoms with Crippen LogP contribution in [0.25, 0.3) is 0 Å². The Morgan fingerprint density at radius 3 is 2.46 bits per heavy atom. The van der Waals surface area contributed by atoms with Crippen molar-refractivity contribution in [3.05, 3.63) is 34.9 Å². The zero-order valence-corrected chi connectivity index (χ0v) is 9.78. The van der Waals surface area contributed by atoms with Crippen molar-refractivity contribution in [2.24, 2.45) is 0 Å². The van der Waals surface area contributed by atoms with E-state index >= 15 is 0 Å². The molecule has 1 rings (SSSR count). The zero-order chi connectivity index (χ0) is 9.14. The van der Waals surface area contributed by atoms with Gasteiger partial charge in [0.1, 0.15) is 6.10 Å². The molecule has 0 aliphatic rings. The van der Waals surface area contributed by atoms with E-state index in [1.54, 1.807) is 12.1 Å². The second-order valence-corrected chi connectivity index (χ2v) is 2.65. The summed E-state index contributed by atoms with van der Waals surface area (Å²) in [5.74, 6) is -1.55. The number of benzene rings is 1. The maximum absolute atomic E-state index is 10.2. The summed E-state index contributed by atoms with van der Waals surface area (Å²) >= 11 is 5.61. The molecule has 1 N–H and O–H groups in total. The van der Waals surface area contributed by atoms with Gasteiger partial charge in [0.2, 0.25) is 0 Å². The molecule has 0 bridgehead atoms. The molecule has 1 aromatic rings. The monoisotopic (exact) mass is 208 g/mol. The van der Waals surface area contributed by atoms with Crippen LogP contribution < -0.4 is 34.7 Å². The largest absolute Gasteiger partial charge is 1.00 e. The van der Waals surface area contributed by atoms with Gasteiger partial charge in [0.25, 0.3) is 0 Å². The first-order valence-electron chi connectivity index (χ1n) is 3.26. The van der Waals surface area contributed by atoms with Crippen molar-refractivity contribution >= 4 is 17.6 Å². The molecule has 0 heterocycles. The molecule has 0 unspecified atom stereocenters. The Bertz CT molecular complexity index is 303. The van der Waals surface area contributed by atoms with E-state index in [9.17, 15) is 9.90 Å². The number of carboxylic acid groups (broad SMARTS) is 1. The summed E-state index contributed by atoms with van der Waals surface area (Å²) in [5.41, 5.74) is 0.152. The molecule has 1 aromatic carbocycles. The summed E-state index contributed by atoms with van der Waals surface area (Å²) in [7, 11) is 0. The number of aliphatic hydroxyl groups is 1. The molecule has 13 heavy (non-hydrogen) atoms. The van der Waals surface area contributed by atoms with E-state index in [1.165, 1.54) is 12.1 Å². The molecule has 64 valence electrons. The van der Waals surface area contributed by atoms with Gasteiger partial charge >= 0.3 is 29.6 Å². The van der Waals surface area contributed by atoms with Gasteiger partial charge in [-0.15, -0.1) is 0 Å². The fourth-order valence-corrected chi connectivity index (χ4v) is 1.06. The van der Waals surface area contributed by atoms with Crippen molar-refractivity contribution in [2.75, 3.05) is 0 Å². The topological polar surface area (TPSA) is 60.4 Å². The molecule has 0 aliphatic carbocycles. The van der Waals surface area contributed by atoms with Gasteiger partial charge in [0.05, 0.1) is 5.97 Å². The Morgan fingerprint density at radius 1 is 1.46 bits per heavy atom. The van der Waals surface area contributed by atoms with Crippen LogP contribution in [-0.2, 0) is 4.79 Å². The SMILES string of the molecule is O=C([O-])[C@@H](O)c1ccccc1Cl.[Na+]. The number of aliphatic hydroxyl groups excluding tert-OH is 1. The van der Waals surface area contributed by atoms with E-state index < -0.39 is 12.1 Å². The summed E-state index contributed by atoms with van der Waals surface area (Å²) in [5, 5.41) is 19.5. The quantitative estimate of drug-likeness (QED) is 0.532. The van der Waals surface area contributed by atoms with Gasteiger partial charge in [0, 0.05) is 10.6 Å². The normalized spacial score (nSPS) is 11.5. The fourth-order valence-electron chi connectivity index (χ4n) is 0.824. The van der Waals surface area contributed by atoms with Crippen LogP contribution in [0.3, 0.4) is 0 Å². The Kier molecular flexibility index (Phi) is 5.60. The van der Waals surface area contributed by atoms with Crippen LogP contribution in [-0.4, -0.2) is 11.1 Å². The van der Waals surface area contributed by atoms with E-state index in [4.69, 9.17) is 16.7 Å². The third-order valence-electron chi connectivity index (χ3n) is 1.42. The van der Waals surface area contributed by atoms with Crippen LogP contribution >= 0.6 is 11.6 Å². The first-order chi connectivity index (χ1) is 5.63. The van der Waals surface area contributed by atoms with Crippen LogP contribution in [0.1, 0.15) is 11.7 Å². The summed E-state index contributed by atoms with van der Waals surface area (Å²) < 4.78 is 0. The van der Waals surface area contributed by atoms with Crippen molar-refractivity contribution in [3.63, 3.8) is 0 Å². The van der Waals surface area contributed by atoms with Crippen molar-refractivity contribution in [1.82, 2.24) is 0 Å². The van der Waals surface area contributed by atoms with Crippen LogP contribution in [0.15, 0.2) is 24.3 Å². The number of aliphatic carboxylic acids is 1. The molecule has 5 heteroatoms. The third-order valence-corrected chi connectivity index (χ3v) is 1.77. The van der Waals surface area contributed by atoms with Crippen molar-refractivity contribution in [3.8, 4) is 0 Å². The first kappa shape index (κ1) is 12.9. The van der Waals surface area contributed by atoms with Crippen molar-refractivity contribution < 1.29 is 44.6 Å². The van der Waals surface area contributed by atoms with Gasteiger partial charge < -0.3 is 15.0 Å². The summed E-state index contributed by atoms with van der Waals surface area (Å²) in [6.07, 6.45) is -1.65. The van der Waals surface area contributed by atoms with E-state index in [-0.39, 0.29) is 40.1 Å². The molecule has 0 spiro atoms. The Hall–Kier alpha value is -0.0600. The van der Waals surface area contributed by atoms with Crippen LogP contribution in [0, 0.1) is 0 Å². The molecule has 3 nitrogen and oxygen atoms in total. The molecule has 0 aliphatic heterocycles. The number of carboxylic acids is 1. The number of halogens is 1. The van der Waals surface area contributed by atoms with Crippen LogP contribution in [0.4, 0.5) is 0 Å². The number of hydrogen-bond acceptors (Lipinski definition) is 3. The van der Waals surface area contributed by atoms with Crippen LogP contribution in [0.2, 0.25) is 5.02 Å². The van der Waals surface area contributed by atoms with Crippen molar-refractivity contribution in [1.29, 1.82) is 0 Å². The number of carbonyl (C=O) groups is 1. The average Bonchev–Trinajstić information content (AvgIpc) is 2.04. The number of hydrogen-bond donors (Lipinski definition) is 1. The van der Waals surface area contributed by atoms with Crippen LogP contribution in [0.5, 0.6) is 0 Å². The van der Waals surface area contributed by atoms with E-state index in [0.29, 0.717) is 0 Å². The second-order valence-electron chi connectivity index (χ2n) is 2.24. The van der Waals surface area contributed by atoms with Crippen molar-refractivity contribution in [2.45, 2.75) is 6.10 Å². The second kappa shape index (κ2) is 5.62. The number of carbonyl (C=O) groups excluding carboxylic acids is 1. The van der Waals surface area contributed by atoms with Gasteiger partial charge in [-0.1, -0.05) is 29.8 Å². The van der Waals surface area contributed by atoms with Gasteiger partial charge in [-0.25, -0.2) is 0 Å². The van der Waals surface area contributed by atoms with E-state index in [1.807, 2.05) is 0 Å². The molecule has 0 saturated carbocycles. The summed E-state index contributed by atoms with van der Waals surface area (Å²) in [4.78, 5) is 10.2. The first-order valence-corrected chi connectivity index (χ1v) is 3.64. The minimum atomic E-state index is -1.65. The molecular weight excluding hydrogens is 203 g/mol. The molecule has 0 radical (unpaired) electrons. The van der Waals surface area contributed by atoms with Gasteiger partial charge in [-0.2, -0.15) is 0 Å². The molecule has 0 saturated heterocycles. The third kappa shape index (κ3) is 3.29. The fraction of sp³-hybridized carbons (Fsp3) is 0.125. The minimum Gasteiger partial charge on any atom is -0.547 e.